The molecule has 0 aliphatic carbocycles. The highest BCUT2D eigenvalue weighted by Crippen LogP contribution is 2.29. The maximum atomic E-state index is 12.6. The second kappa shape index (κ2) is 4.09. The Kier molecular flexibility index (Phi) is 2.73. The van der Waals surface area contributed by atoms with Crippen molar-refractivity contribution in [3.63, 3.8) is 0 Å². The molecule has 0 aromatic carbocycles. The van der Waals surface area contributed by atoms with Crippen molar-refractivity contribution in [2.24, 2.45) is 0 Å². The lowest BCUT2D eigenvalue weighted by atomic mass is 10.3. The summed E-state index contributed by atoms with van der Waals surface area (Å²) >= 11 is 0. The Bertz CT molecular complexity index is 576. The molecule has 0 aliphatic heterocycles. The maximum absolute atomic E-state index is 12.6. The number of carbonyl (C=O) groups is 1. The van der Waals surface area contributed by atoms with Crippen LogP contribution in [0.3, 0.4) is 0 Å². The van der Waals surface area contributed by atoms with E-state index >= 15 is 0 Å². The number of aromatic nitrogens is 4. The molecular formula is C9H5F3N4O2. The summed E-state index contributed by atoms with van der Waals surface area (Å²) in [6.45, 7) is 0. The number of nitrogens with zero attached hydrogens (tertiary/aromatic N) is 4. The van der Waals surface area contributed by atoms with Crippen LogP contribution in [0.5, 0.6) is 0 Å². The SMILES string of the molecule is O=C(O)c1cnc(-n2nccc2C(F)(F)F)nc1. The lowest BCUT2D eigenvalue weighted by Crippen LogP contribution is -2.15. The largest absolute Gasteiger partial charge is 0.478 e. The van der Waals surface area contributed by atoms with Crippen molar-refractivity contribution < 1.29 is 23.1 Å². The first kappa shape index (κ1) is 12.0. The minimum absolute atomic E-state index is 0.223. The summed E-state index contributed by atoms with van der Waals surface area (Å²) in [5.74, 6) is -1.62. The Labute approximate surface area is 97.7 Å². The summed E-state index contributed by atoms with van der Waals surface area (Å²) < 4.78 is 38.2. The summed E-state index contributed by atoms with van der Waals surface area (Å²) in [5, 5.41) is 12.1. The molecule has 2 rings (SSSR count). The minimum Gasteiger partial charge on any atom is -0.478 e. The summed E-state index contributed by atoms with van der Waals surface area (Å²) in [7, 11) is 0. The Balaban J connectivity index is 2.44. The molecule has 0 atom stereocenters. The van der Waals surface area contributed by atoms with Crippen LogP contribution in [0.1, 0.15) is 16.1 Å². The zero-order valence-corrected chi connectivity index (χ0v) is 8.59. The van der Waals surface area contributed by atoms with Gasteiger partial charge in [-0.05, 0) is 6.07 Å². The third kappa shape index (κ3) is 2.14. The summed E-state index contributed by atoms with van der Waals surface area (Å²) in [6, 6.07) is 0.772. The van der Waals surface area contributed by atoms with E-state index in [0.29, 0.717) is 4.68 Å². The van der Waals surface area contributed by atoms with E-state index in [1.807, 2.05) is 0 Å². The van der Waals surface area contributed by atoms with Crippen molar-refractivity contribution in [2.75, 3.05) is 0 Å². The maximum Gasteiger partial charge on any atom is 0.433 e. The fraction of sp³-hybridized carbons (Fsp3) is 0.111. The van der Waals surface area contributed by atoms with Crippen LogP contribution in [-0.2, 0) is 6.18 Å². The smallest absolute Gasteiger partial charge is 0.433 e. The highest BCUT2D eigenvalue weighted by atomic mass is 19.4. The average Bonchev–Trinajstić information content (AvgIpc) is 2.77. The van der Waals surface area contributed by atoms with E-state index in [4.69, 9.17) is 5.11 Å². The van der Waals surface area contributed by atoms with Crippen LogP contribution in [-0.4, -0.2) is 30.8 Å². The van der Waals surface area contributed by atoms with Crippen molar-refractivity contribution in [3.05, 3.63) is 35.9 Å². The first-order valence-corrected chi connectivity index (χ1v) is 4.56. The Morgan fingerprint density at radius 2 is 1.89 bits per heavy atom. The van der Waals surface area contributed by atoms with Gasteiger partial charge in [-0.3, -0.25) is 0 Å². The molecule has 2 heterocycles. The Hall–Kier alpha value is -2.45. The molecule has 0 aliphatic rings. The number of carboxylic acids is 1. The van der Waals surface area contributed by atoms with Gasteiger partial charge in [0, 0.05) is 12.4 Å². The fourth-order valence-corrected chi connectivity index (χ4v) is 1.22. The minimum atomic E-state index is -4.59. The monoisotopic (exact) mass is 258 g/mol. The quantitative estimate of drug-likeness (QED) is 0.880. The summed E-state index contributed by atoms with van der Waals surface area (Å²) in [4.78, 5) is 17.6. The average molecular weight is 258 g/mol. The number of carboxylic acid groups (broad SMARTS) is 1. The number of rotatable bonds is 2. The normalized spacial score (nSPS) is 11.5. The van der Waals surface area contributed by atoms with Crippen molar-refractivity contribution in [1.82, 2.24) is 19.7 Å². The molecule has 0 saturated heterocycles. The van der Waals surface area contributed by atoms with E-state index in [-0.39, 0.29) is 11.5 Å². The molecule has 6 nitrogen and oxygen atoms in total. The van der Waals surface area contributed by atoms with Gasteiger partial charge in [-0.15, -0.1) is 0 Å². The zero-order valence-electron chi connectivity index (χ0n) is 8.59. The van der Waals surface area contributed by atoms with Gasteiger partial charge < -0.3 is 5.11 Å². The van der Waals surface area contributed by atoms with Gasteiger partial charge >= 0.3 is 12.1 Å². The van der Waals surface area contributed by atoms with Gasteiger partial charge in [0.2, 0.25) is 0 Å². The number of halogens is 3. The van der Waals surface area contributed by atoms with Crippen LogP contribution in [0.4, 0.5) is 13.2 Å². The molecule has 0 fully saturated rings. The van der Waals surface area contributed by atoms with Gasteiger partial charge in [0.25, 0.3) is 5.95 Å². The number of hydrogen-bond acceptors (Lipinski definition) is 4. The molecule has 94 valence electrons. The van der Waals surface area contributed by atoms with E-state index in [1.165, 1.54) is 0 Å². The highest BCUT2D eigenvalue weighted by molar-refractivity contribution is 5.86. The van der Waals surface area contributed by atoms with Crippen molar-refractivity contribution in [1.29, 1.82) is 0 Å². The number of alkyl halides is 3. The van der Waals surface area contributed by atoms with E-state index < -0.39 is 17.8 Å². The summed E-state index contributed by atoms with van der Waals surface area (Å²) in [6.07, 6.45) is -1.82. The van der Waals surface area contributed by atoms with E-state index in [1.54, 1.807) is 0 Å². The Morgan fingerprint density at radius 3 is 2.39 bits per heavy atom. The van der Waals surface area contributed by atoms with Crippen LogP contribution in [0.15, 0.2) is 24.7 Å². The molecule has 9 heteroatoms. The van der Waals surface area contributed by atoms with Gasteiger partial charge in [-0.2, -0.15) is 23.0 Å². The second-order valence-corrected chi connectivity index (χ2v) is 3.20. The molecule has 18 heavy (non-hydrogen) atoms. The third-order valence-electron chi connectivity index (χ3n) is 2.01. The molecular weight excluding hydrogens is 253 g/mol. The predicted octanol–water partition coefficient (Wildman–Crippen LogP) is 1.38. The first-order valence-electron chi connectivity index (χ1n) is 4.56. The van der Waals surface area contributed by atoms with Crippen LogP contribution in [0.2, 0.25) is 0 Å². The fourth-order valence-electron chi connectivity index (χ4n) is 1.22. The van der Waals surface area contributed by atoms with E-state index in [2.05, 4.69) is 15.1 Å². The van der Waals surface area contributed by atoms with Crippen molar-refractivity contribution in [3.8, 4) is 5.95 Å². The first-order chi connectivity index (χ1) is 8.39. The van der Waals surface area contributed by atoms with Crippen LogP contribution in [0.25, 0.3) is 5.95 Å². The van der Waals surface area contributed by atoms with Gasteiger partial charge in [-0.25, -0.2) is 14.8 Å². The lowest BCUT2D eigenvalue weighted by Gasteiger charge is -2.08. The summed E-state index contributed by atoms with van der Waals surface area (Å²) in [5.41, 5.74) is -1.26. The number of aromatic carboxylic acids is 1. The zero-order chi connectivity index (χ0) is 13.3. The molecule has 0 radical (unpaired) electrons. The van der Waals surface area contributed by atoms with Crippen LogP contribution in [0, 0.1) is 0 Å². The lowest BCUT2D eigenvalue weighted by molar-refractivity contribution is -0.142. The molecule has 0 amide bonds. The standard InChI is InChI=1S/C9H5F3N4O2/c10-9(11,12)6-1-2-15-16(6)8-13-3-5(4-14-8)7(17)18/h1-4H,(H,17,18). The molecule has 0 unspecified atom stereocenters. The van der Waals surface area contributed by atoms with Crippen LogP contribution >= 0.6 is 0 Å². The molecule has 2 aromatic rings. The van der Waals surface area contributed by atoms with Gasteiger partial charge in [0.05, 0.1) is 11.8 Å². The van der Waals surface area contributed by atoms with Crippen molar-refractivity contribution in [2.45, 2.75) is 6.18 Å². The molecule has 1 N–H and O–H groups in total. The predicted molar refractivity (Wildman–Crippen MR) is 51.1 cm³/mol. The Morgan fingerprint density at radius 1 is 1.28 bits per heavy atom. The topological polar surface area (TPSA) is 80.9 Å². The van der Waals surface area contributed by atoms with E-state index in [0.717, 1.165) is 24.7 Å². The molecule has 0 bridgehead atoms. The molecule has 2 aromatic heterocycles. The van der Waals surface area contributed by atoms with Gasteiger partial charge in [0.1, 0.15) is 0 Å². The molecule has 0 saturated carbocycles. The van der Waals surface area contributed by atoms with Crippen molar-refractivity contribution >= 4 is 5.97 Å². The van der Waals surface area contributed by atoms with Crippen LogP contribution < -0.4 is 0 Å². The van der Waals surface area contributed by atoms with Gasteiger partial charge in [0.15, 0.2) is 5.69 Å². The molecule has 0 spiro atoms. The number of hydrogen-bond donors (Lipinski definition) is 1. The van der Waals surface area contributed by atoms with E-state index in [9.17, 15) is 18.0 Å². The third-order valence-corrected chi connectivity index (χ3v) is 2.01. The van der Waals surface area contributed by atoms with Gasteiger partial charge in [-0.1, -0.05) is 0 Å². The highest BCUT2D eigenvalue weighted by Gasteiger charge is 2.35. The second-order valence-electron chi connectivity index (χ2n) is 3.20.